The fourth-order valence-electron chi connectivity index (χ4n) is 2.94. The summed E-state index contributed by atoms with van der Waals surface area (Å²) >= 11 is 0. The topological polar surface area (TPSA) is 40.5 Å². The lowest BCUT2D eigenvalue weighted by molar-refractivity contribution is -0.153. The number of carboxylic acids is 1. The predicted octanol–water partition coefficient (Wildman–Crippen LogP) is 3.04. The van der Waals surface area contributed by atoms with Crippen LogP contribution in [0.15, 0.2) is 18.2 Å². The van der Waals surface area contributed by atoms with Crippen molar-refractivity contribution in [3.8, 4) is 0 Å². The minimum atomic E-state index is -0.782. The monoisotopic (exact) mass is 283 g/mol. The summed E-state index contributed by atoms with van der Waals surface area (Å²) in [5.74, 6) is -1.98. The smallest absolute Gasteiger partial charge is 0.310 e. The molecule has 110 valence electrons. The van der Waals surface area contributed by atoms with Crippen molar-refractivity contribution >= 4 is 5.97 Å². The molecule has 0 spiro atoms. The molecule has 1 N–H and O–H groups in total. The van der Waals surface area contributed by atoms with Gasteiger partial charge >= 0.3 is 5.97 Å². The highest BCUT2D eigenvalue weighted by Crippen LogP contribution is 2.34. The van der Waals surface area contributed by atoms with E-state index in [1.807, 2.05) is 11.8 Å². The minimum absolute atomic E-state index is 0.379. The number of piperidine rings is 1. The molecule has 2 rings (SSSR count). The molecule has 1 unspecified atom stereocenters. The predicted molar refractivity (Wildman–Crippen MR) is 71.2 cm³/mol. The van der Waals surface area contributed by atoms with Crippen LogP contribution in [0.1, 0.15) is 31.7 Å². The van der Waals surface area contributed by atoms with Gasteiger partial charge in [-0.3, -0.25) is 9.69 Å². The Morgan fingerprint density at radius 1 is 1.35 bits per heavy atom. The van der Waals surface area contributed by atoms with E-state index in [0.717, 1.165) is 19.0 Å². The lowest BCUT2D eigenvalue weighted by Crippen LogP contribution is -2.47. The molecule has 3 nitrogen and oxygen atoms in total. The van der Waals surface area contributed by atoms with Gasteiger partial charge < -0.3 is 5.11 Å². The second-order valence-electron chi connectivity index (χ2n) is 5.53. The third-order valence-corrected chi connectivity index (χ3v) is 4.11. The molecule has 1 fully saturated rings. The van der Waals surface area contributed by atoms with Crippen molar-refractivity contribution in [3.05, 3.63) is 35.4 Å². The number of halogens is 2. The van der Waals surface area contributed by atoms with Gasteiger partial charge in [-0.05, 0) is 43.5 Å². The Balaban J connectivity index is 2.11. The first kappa shape index (κ1) is 14.9. The first-order valence-electron chi connectivity index (χ1n) is 6.86. The summed E-state index contributed by atoms with van der Waals surface area (Å²) < 4.78 is 26.4. The van der Waals surface area contributed by atoms with Gasteiger partial charge in [0.15, 0.2) is 0 Å². The molecule has 20 heavy (non-hydrogen) atoms. The molecule has 1 aromatic carbocycles. The summed E-state index contributed by atoms with van der Waals surface area (Å²) in [5, 5.41) is 9.41. The summed E-state index contributed by atoms with van der Waals surface area (Å²) in [5.41, 5.74) is -0.191. The van der Waals surface area contributed by atoms with Gasteiger partial charge in [-0.2, -0.15) is 0 Å². The number of rotatable bonds is 4. The average Bonchev–Trinajstić information content (AvgIpc) is 2.37. The number of benzene rings is 1. The highest BCUT2D eigenvalue weighted by Gasteiger charge is 2.40. The fourth-order valence-corrected chi connectivity index (χ4v) is 2.94. The lowest BCUT2D eigenvalue weighted by atomic mass is 9.77. The zero-order chi connectivity index (χ0) is 14.8. The van der Waals surface area contributed by atoms with Crippen LogP contribution in [0.3, 0.4) is 0 Å². The second-order valence-corrected chi connectivity index (χ2v) is 5.53. The zero-order valence-corrected chi connectivity index (χ0v) is 11.5. The van der Waals surface area contributed by atoms with Gasteiger partial charge in [-0.25, -0.2) is 8.78 Å². The van der Waals surface area contributed by atoms with Gasteiger partial charge in [0.05, 0.1) is 5.41 Å². The van der Waals surface area contributed by atoms with E-state index in [0.29, 0.717) is 31.5 Å². The summed E-state index contributed by atoms with van der Waals surface area (Å²) in [7, 11) is 0. The van der Waals surface area contributed by atoms with Crippen LogP contribution in [0.25, 0.3) is 0 Å². The van der Waals surface area contributed by atoms with Gasteiger partial charge in [0.25, 0.3) is 0 Å². The number of aliphatic carboxylic acids is 1. The van der Waals surface area contributed by atoms with Gasteiger partial charge in [0.2, 0.25) is 0 Å². The van der Waals surface area contributed by atoms with Crippen LogP contribution in [-0.4, -0.2) is 29.1 Å². The maximum Gasteiger partial charge on any atom is 0.310 e. The first-order chi connectivity index (χ1) is 9.45. The van der Waals surface area contributed by atoms with Crippen molar-refractivity contribution < 1.29 is 18.7 Å². The highest BCUT2D eigenvalue weighted by atomic mass is 19.1. The van der Waals surface area contributed by atoms with Crippen LogP contribution in [0.4, 0.5) is 8.78 Å². The standard InChI is InChI=1S/C15H19F2NO2/c1-2-15(14(19)20)4-3-5-18(10-15)9-11-6-12(16)8-13(17)7-11/h6-8H,2-5,9-10H2,1H3,(H,19,20). The molecule has 0 aliphatic carbocycles. The molecular formula is C15H19F2NO2. The van der Waals surface area contributed by atoms with Crippen LogP contribution in [-0.2, 0) is 11.3 Å². The molecule has 0 amide bonds. The van der Waals surface area contributed by atoms with E-state index < -0.39 is 23.0 Å². The highest BCUT2D eigenvalue weighted by molar-refractivity contribution is 5.75. The minimum Gasteiger partial charge on any atom is -0.481 e. The van der Waals surface area contributed by atoms with Crippen LogP contribution in [0.2, 0.25) is 0 Å². The SMILES string of the molecule is CCC1(C(=O)O)CCCN(Cc2cc(F)cc(F)c2)C1. The van der Waals surface area contributed by atoms with Crippen LogP contribution < -0.4 is 0 Å². The molecule has 5 heteroatoms. The van der Waals surface area contributed by atoms with E-state index >= 15 is 0 Å². The number of nitrogens with zero attached hydrogens (tertiary/aromatic N) is 1. The van der Waals surface area contributed by atoms with Gasteiger partial charge in [-0.1, -0.05) is 6.92 Å². The molecule has 0 radical (unpaired) electrons. The maximum absolute atomic E-state index is 13.2. The molecule has 1 aliphatic heterocycles. The van der Waals surface area contributed by atoms with E-state index in [-0.39, 0.29) is 0 Å². The van der Waals surface area contributed by atoms with Crippen molar-refractivity contribution in [3.63, 3.8) is 0 Å². The number of hydrogen-bond donors (Lipinski definition) is 1. The Bertz CT molecular complexity index is 486. The number of carbonyl (C=O) groups is 1. The number of likely N-dealkylation sites (tertiary alicyclic amines) is 1. The molecule has 0 bridgehead atoms. The Labute approximate surface area is 117 Å². The van der Waals surface area contributed by atoms with E-state index in [4.69, 9.17) is 0 Å². The molecule has 1 atom stereocenters. The van der Waals surface area contributed by atoms with Crippen molar-refractivity contribution in [2.24, 2.45) is 5.41 Å². The van der Waals surface area contributed by atoms with E-state index in [1.165, 1.54) is 12.1 Å². The van der Waals surface area contributed by atoms with Crippen molar-refractivity contribution in [1.82, 2.24) is 4.90 Å². The third kappa shape index (κ3) is 3.15. The molecule has 0 aromatic heterocycles. The summed E-state index contributed by atoms with van der Waals surface area (Å²) in [6, 6.07) is 3.44. The van der Waals surface area contributed by atoms with Gasteiger partial charge in [0.1, 0.15) is 11.6 Å². The third-order valence-electron chi connectivity index (χ3n) is 4.11. The Kier molecular flexibility index (Phi) is 4.38. The maximum atomic E-state index is 13.2. The molecule has 0 saturated carbocycles. The molecular weight excluding hydrogens is 264 g/mol. The lowest BCUT2D eigenvalue weighted by Gasteiger charge is -2.39. The van der Waals surface area contributed by atoms with Crippen LogP contribution in [0, 0.1) is 17.0 Å². The summed E-state index contributed by atoms with van der Waals surface area (Å²) in [6.45, 7) is 3.44. The van der Waals surface area contributed by atoms with Crippen molar-refractivity contribution in [2.75, 3.05) is 13.1 Å². The zero-order valence-electron chi connectivity index (χ0n) is 11.5. The number of carboxylic acid groups (broad SMARTS) is 1. The van der Waals surface area contributed by atoms with Crippen LogP contribution in [0.5, 0.6) is 0 Å². The molecule has 1 aliphatic rings. The van der Waals surface area contributed by atoms with Crippen molar-refractivity contribution in [1.29, 1.82) is 0 Å². The Morgan fingerprint density at radius 3 is 2.55 bits per heavy atom. The van der Waals surface area contributed by atoms with Gasteiger partial charge in [0, 0.05) is 19.2 Å². The summed E-state index contributed by atoms with van der Waals surface area (Å²) in [6.07, 6.45) is 2.02. The van der Waals surface area contributed by atoms with E-state index in [2.05, 4.69) is 0 Å². The number of hydrogen-bond acceptors (Lipinski definition) is 2. The van der Waals surface area contributed by atoms with E-state index in [1.54, 1.807) is 0 Å². The Morgan fingerprint density at radius 2 is 2.00 bits per heavy atom. The molecule has 1 saturated heterocycles. The molecule has 1 heterocycles. The van der Waals surface area contributed by atoms with E-state index in [9.17, 15) is 18.7 Å². The summed E-state index contributed by atoms with van der Waals surface area (Å²) in [4.78, 5) is 13.4. The normalized spacial score (nSPS) is 23.8. The Hall–Kier alpha value is -1.49. The largest absolute Gasteiger partial charge is 0.481 e. The quantitative estimate of drug-likeness (QED) is 0.923. The average molecular weight is 283 g/mol. The van der Waals surface area contributed by atoms with Crippen molar-refractivity contribution in [2.45, 2.75) is 32.7 Å². The first-order valence-corrected chi connectivity index (χ1v) is 6.86. The molecule has 1 aromatic rings. The van der Waals surface area contributed by atoms with Gasteiger partial charge in [-0.15, -0.1) is 0 Å². The second kappa shape index (κ2) is 5.87. The fraction of sp³-hybridized carbons (Fsp3) is 0.533. The van der Waals surface area contributed by atoms with Crippen LogP contribution >= 0.6 is 0 Å².